The highest BCUT2D eigenvalue weighted by atomic mass is 16.5. The number of aromatic nitrogens is 2. The van der Waals surface area contributed by atoms with Gasteiger partial charge in [0, 0.05) is 32.0 Å². The Bertz CT molecular complexity index is 718. The SMILES string of the molecule is COc1cccc(C(N)Cn2ccn(C)c(=O)c2=O)c1. The molecule has 0 aliphatic carbocycles. The van der Waals surface area contributed by atoms with Crippen LogP contribution >= 0.6 is 0 Å². The van der Waals surface area contributed by atoms with E-state index in [0.29, 0.717) is 5.75 Å². The molecular formula is C14H17N3O3. The number of nitrogens with two attached hydrogens (primary N) is 1. The molecular weight excluding hydrogens is 258 g/mol. The molecule has 106 valence electrons. The van der Waals surface area contributed by atoms with Crippen LogP contribution in [0.2, 0.25) is 0 Å². The number of aryl methyl sites for hydroxylation is 1. The summed E-state index contributed by atoms with van der Waals surface area (Å²) in [4.78, 5) is 23.4. The fourth-order valence-electron chi connectivity index (χ4n) is 1.92. The molecule has 0 amide bonds. The molecule has 0 aliphatic heterocycles. The molecule has 2 aromatic rings. The molecule has 6 heteroatoms. The maximum atomic E-state index is 11.8. The molecule has 0 saturated heterocycles. The summed E-state index contributed by atoms with van der Waals surface area (Å²) in [6, 6.07) is 6.94. The minimum Gasteiger partial charge on any atom is -0.497 e. The van der Waals surface area contributed by atoms with Crippen molar-refractivity contribution in [3.63, 3.8) is 0 Å². The van der Waals surface area contributed by atoms with Gasteiger partial charge in [-0.2, -0.15) is 0 Å². The van der Waals surface area contributed by atoms with Crippen LogP contribution in [0, 0.1) is 0 Å². The van der Waals surface area contributed by atoms with Gasteiger partial charge in [0.25, 0.3) is 0 Å². The molecule has 1 heterocycles. The largest absolute Gasteiger partial charge is 0.497 e. The van der Waals surface area contributed by atoms with Gasteiger partial charge in [-0.3, -0.25) is 9.59 Å². The van der Waals surface area contributed by atoms with Crippen LogP contribution in [-0.2, 0) is 13.6 Å². The van der Waals surface area contributed by atoms with Crippen LogP contribution < -0.4 is 21.6 Å². The Morgan fingerprint density at radius 1 is 1.25 bits per heavy atom. The van der Waals surface area contributed by atoms with Crippen molar-refractivity contribution in [1.29, 1.82) is 0 Å². The van der Waals surface area contributed by atoms with Crippen molar-refractivity contribution in [3.05, 3.63) is 62.9 Å². The number of rotatable bonds is 4. The van der Waals surface area contributed by atoms with Crippen LogP contribution in [0.5, 0.6) is 5.75 Å². The number of hydrogen-bond acceptors (Lipinski definition) is 4. The van der Waals surface area contributed by atoms with E-state index in [9.17, 15) is 9.59 Å². The van der Waals surface area contributed by atoms with Crippen LogP contribution in [0.15, 0.2) is 46.2 Å². The molecule has 0 radical (unpaired) electrons. The Balaban J connectivity index is 2.28. The molecule has 1 unspecified atom stereocenters. The molecule has 1 aromatic carbocycles. The van der Waals surface area contributed by atoms with E-state index in [1.165, 1.54) is 16.2 Å². The highest BCUT2D eigenvalue weighted by molar-refractivity contribution is 5.30. The molecule has 0 bridgehead atoms. The topological polar surface area (TPSA) is 79.2 Å². The fraction of sp³-hybridized carbons (Fsp3) is 0.286. The Kier molecular flexibility index (Phi) is 4.05. The Morgan fingerprint density at radius 3 is 2.70 bits per heavy atom. The molecule has 0 saturated carbocycles. The van der Waals surface area contributed by atoms with Crippen molar-refractivity contribution in [2.45, 2.75) is 12.6 Å². The third kappa shape index (κ3) is 2.80. The number of methoxy groups -OCH3 is 1. The summed E-state index contributed by atoms with van der Waals surface area (Å²) >= 11 is 0. The second kappa shape index (κ2) is 5.75. The number of nitrogens with zero attached hydrogens (tertiary/aromatic N) is 2. The van der Waals surface area contributed by atoms with E-state index in [-0.39, 0.29) is 6.54 Å². The summed E-state index contributed by atoms with van der Waals surface area (Å²) < 4.78 is 7.71. The van der Waals surface area contributed by atoms with Gasteiger partial charge in [0.1, 0.15) is 5.75 Å². The molecule has 1 atom stereocenters. The van der Waals surface area contributed by atoms with E-state index in [1.54, 1.807) is 19.5 Å². The lowest BCUT2D eigenvalue weighted by Crippen LogP contribution is -2.40. The third-order valence-electron chi connectivity index (χ3n) is 3.15. The summed E-state index contributed by atoms with van der Waals surface area (Å²) in [6.45, 7) is 0.238. The molecule has 1 aromatic heterocycles. The van der Waals surface area contributed by atoms with E-state index in [4.69, 9.17) is 10.5 Å². The van der Waals surface area contributed by atoms with Gasteiger partial charge >= 0.3 is 11.1 Å². The maximum Gasteiger partial charge on any atom is 0.316 e. The van der Waals surface area contributed by atoms with E-state index < -0.39 is 17.2 Å². The molecule has 20 heavy (non-hydrogen) atoms. The first-order chi connectivity index (χ1) is 9.52. The van der Waals surface area contributed by atoms with Gasteiger partial charge in [-0.1, -0.05) is 12.1 Å². The molecule has 0 fully saturated rings. The van der Waals surface area contributed by atoms with Crippen molar-refractivity contribution >= 4 is 0 Å². The Hall–Kier alpha value is -2.34. The van der Waals surface area contributed by atoms with Crippen molar-refractivity contribution in [2.24, 2.45) is 12.8 Å². The van der Waals surface area contributed by atoms with Gasteiger partial charge in [-0.05, 0) is 17.7 Å². The fourth-order valence-corrected chi connectivity index (χ4v) is 1.92. The van der Waals surface area contributed by atoms with E-state index in [1.807, 2.05) is 24.3 Å². The first kappa shape index (κ1) is 14.1. The predicted octanol–water partition coefficient (Wildman–Crippen LogP) is 0.256. The van der Waals surface area contributed by atoms with E-state index in [0.717, 1.165) is 5.56 Å². The zero-order valence-electron chi connectivity index (χ0n) is 11.4. The summed E-state index contributed by atoms with van der Waals surface area (Å²) in [5.41, 5.74) is 5.79. The average molecular weight is 275 g/mol. The van der Waals surface area contributed by atoms with Crippen LogP contribution in [0.1, 0.15) is 11.6 Å². The van der Waals surface area contributed by atoms with Crippen molar-refractivity contribution in [1.82, 2.24) is 9.13 Å². The van der Waals surface area contributed by atoms with E-state index in [2.05, 4.69) is 0 Å². The van der Waals surface area contributed by atoms with Crippen LogP contribution in [0.25, 0.3) is 0 Å². The molecule has 2 N–H and O–H groups in total. The summed E-state index contributed by atoms with van der Waals surface area (Å²) in [5, 5.41) is 0. The summed E-state index contributed by atoms with van der Waals surface area (Å²) in [6.07, 6.45) is 3.10. The molecule has 0 spiro atoms. The maximum absolute atomic E-state index is 11.8. The minimum absolute atomic E-state index is 0.238. The number of ether oxygens (including phenoxy) is 1. The Morgan fingerprint density at radius 2 is 2.00 bits per heavy atom. The lowest BCUT2D eigenvalue weighted by molar-refractivity contribution is 0.413. The van der Waals surface area contributed by atoms with Gasteiger partial charge < -0.3 is 19.6 Å². The normalized spacial score (nSPS) is 12.2. The molecule has 0 aliphatic rings. The lowest BCUT2D eigenvalue weighted by atomic mass is 10.1. The molecule has 6 nitrogen and oxygen atoms in total. The Labute approximate surface area is 116 Å². The van der Waals surface area contributed by atoms with Crippen LogP contribution in [0.4, 0.5) is 0 Å². The monoisotopic (exact) mass is 275 g/mol. The number of hydrogen-bond donors (Lipinski definition) is 1. The van der Waals surface area contributed by atoms with Crippen molar-refractivity contribution in [2.75, 3.05) is 7.11 Å². The van der Waals surface area contributed by atoms with Crippen molar-refractivity contribution < 1.29 is 4.74 Å². The van der Waals surface area contributed by atoms with Crippen LogP contribution in [0.3, 0.4) is 0 Å². The van der Waals surface area contributed by atoms with Gasteiger partial charge in [0.05, 0.1) is 7.11 Å². The van der Waals surface area contributed by atoms with Gasteiger partial charge in [-0.15, -0.1) is 0 Å². The first-order valence-corrected chi connectivity index (χ1v) is 6.18. The van der Waals surface area contributed by atoms with Gasteiger partial charge in [0.2, 0.25) is 0 Å². The smallest absolute Gasteiger partial charge is 0.316 e. The zero-order valence-corrected chi connectivity index (χ0v) is 11.4. The lowest BCUT2D eigenvalue weighted by Gasteiger charge is -2.14. The average Bonchev–Trinajstić information content (AvgIpc) is 2.48. The van der Waals surface area contributed by atoms with Gasteiger partial charge in [-0.25, -0.2) is 0 Å². The highest BCUT2D eigenvalue weighted by Gasteiger charge is 2.10. The second-order valence-electron chi connectivity index (χ2n) is 4.55. The first-order valence-electron chi connectivity index (χ1n) is 6.18. The summed E-state index contributed by atoms with van der Waals surface area (Å²) in [7, 11) is 3.12. The van der Waals surface area contributed by atoms with Gasteiger partial charge in [0.15, 0.2) is 0 Å². The molecule has 2 rings (SSSR count). The third-order valence-corrected chi connectivity index (χ3v) is 3.15. The van der Waals surface area contributed by atoms with E-state index >= 15 is 0 Å². The summed E-state index contributed by atoms with van der Waals surface area (Å²) in [5.74, 6) is 0.703. The zero-order chi connectivity index (χ0) is 14.7. The minimum atomic E-state index is -0.576. The standard InChI is InChI=1S/C14H17N3O3/c1-16-6-7-17(14(19)13(16)18)9-12(15)10-4-3-5-11(8-10)20-2/h3-8,12H,9,15H2,1-2H3. The predicted molar refractivity (Wildman–Crippen MR) is 75.9 cm³/mol. The highest BCUT2D eigenvalue weighted by Crippen LogP contribution is 2.18. The quantitative estimate of drug-likeness (QED) is 0.812. The number of benzene rings is 1. The second-order valence-corrected chi connectivity index (χ2v) is 4.55. The van der Waals surface area contributed by atoms with Crippen LogP contribution in [-0.4, -0.2) is 16.2 Å². The van der Waals surface area contributed by atoms with Crippen molar-refractivity contribution in [3.8, 4) is 5.75 Å².